The minimum Gasteiger partial charge on any atom is -0.357 e. The van der Waals surface area contributed by atoms with Crippen LogP contribution in [-0.2, 0) is 0 Å². The van der Waals surface area contributed by atoms with Gasteiger partial charge in [-0.25, -0.2) is 0 Å². The minimum absolute atomic E-state index is 0.573. The summed E-state index contributed by atoms with van der Waals surface area (Å²) in [5.41, 5.74) is 2.70. The molecule has 0 saturated heterocycles. The number of allylic oxidation sites excluding steroid dienone is 2. The predicted octanol–water partition coefficient (Wildman–Crippen LogP) is 5.43. The van der Waals surface area contributed by atoms with Crippen LogP contribution >= 0.6 is 22.2 Å². The van der Waals surface area contributed by atoms with Gasteiger partial charge < -0.3 is 9.13 Å². The average molecular weight is 347 g/mol. The van der Waals surface area contributed by atoms with Gasteiger partial charge in [-0.15, -0.1) is 0 Å². The van der Waals surface area contributed by atoms with Crippen LogP contribution in [0.1, 0.15) is 78.1 Å². The zero-order valence-electron chi connectivity index (χ0n) is 13.4. The van der Waals surface area contributed by atoms with E-state index in [0.717, 1.165) is 0 Å². The number of hydrogen-bond donors (Lipinski definition) is 0. The summed E-state index contributed by atoms with van der Waals surface area (Å²) in [5.74, 6) is 0. The van der Waals surface area contributed by atoms with Gasteiger partial charge in [0.15, 0.2) is 0 Å². The highest BCUT2D eigenvalue weighted by Crippen LogP contribution is 2.46. The topological polar surface area (TPSA) is 6.48 Å². The zero-order valence-corrected chi connectivity index (χ0v) is 15.9. The molecule has 0 unspecified atom stereocenters. The van der Waals surface area contributed by atoms with Crippen molar-refractivity contribution in [2.24, 2.45) is 0 Å². The molecule has 3 aliphatic rings. The molecule has 0 bridgehead atoms. The van der Waals surface area contributed by atoms with Crippen molar-refractivity contribution in [2.45, 2.75) is 90.1 Å². The third-order valence-electron chi connectivity index (χ3n) is 5.71. The molecule has 0 radical (unpaired) electrons. The summed E-state index contributed by atoms with van der Waals surface area (Å²) in [6.45, 7) is 4.47. The summed E-state index contributed by atoms with van der Waals surface area (Å²) in [5, 5.41) is 0. The molecule has 5 heteroatoms. The van der Waals surface area contributed by atoms with Gasteiger partial charge in [-0.05, 0) is 39.5 Å². The smallest absolute Gasteiger partial charge is 0.357 e. The molecule has 2 aliphatic carbocycles. The van der Waals surface area contributed by atoms with Crippen molar-refractivity contribution in [3.8, 4) is 0 Å². The summed E-state index contributed by atoms with van der Waals surface area (Å²) in [4.78, 5) is 0. The fourth-order valence-corrected chi connectivity index (χ4v) is 10.5. The van der Waals surface area contributed by atoms with Gasteiger partial charge >= 0.3 is 7.02 Å². The lowest BCUT2D eigenvalue weighted by molar-refractivity contribution is 0.270. The second-order valence-corrected chi connectivity index (χ2v) is 12.7. The Morgan fingerprint density at radius 3 is 1.38 bits per heavy atom. The second-order valence-electron chi connectivity index (χ2n) is 7.00. The fourth-order valence-electron chi connectivity index (χ4n) is 4.53. The third kappa shape index (κ3) is 2.86. The van der Waals surface area contributed by atoms with Crippen LogP contribution in [-0.4, -0.2) is 28.2 Å². The van der Waals surface area contributed by atoms with Crippen molar-refractivity contribution in [1.29, 1.82) is 0 Å². The maximum atomic E-state index is 7.07. The van der Waals surface area contributed by atoms with Crippen LogP contribution in [0.4, 0.5) is 0 Å². The molecule has 0 atom stereocenters. The molecule has 0 aromatic carbocycles. The highest BCUT2D eigenvalue weighted by atomic mass is 35.7. The number of hydrogen-bond acceptors (Lipinski definition) is 2. The quantitative estimate of drug-likeness (QED) is 0.485. The molecule has 1 aliphatic heterocycles. The predicted molar refractivity (Wildman–Crippen MR) is 93.3 cm³/mol. The van der Waals surface area contributed by atoms with E-state index in [1.54, 1.807) is 0 Å². The van der Waals surface area contributed by atoms with Crippen molar-refractivity contribution in [2.75, 3.05) is 0 Å². The van der Waals surface area contributed by atoms with Crippen molar-refractivity contribution < 1.29 is 0 Å². The van der Waals surface area contributed by atoms with Gasteiger partial charge in [-0.3, -0.25) is 0 Å². The Morgan fingerprint density at radius 1 is 0.714 bits per heavy atom. The van der Waals surface area contributed by atoms with Crippen LogP contribution < -0.4 is 0 Å². The largest absolute Gasteiger partial charge is 0.470 e. The second kappa shape index (κ2) is 6.33. The van der Waals surface area contributed by atoms with Gasteiger partial charge in [0.2, 0.25) is 0 Å². The van der Waals surface area contributed by atoms with Crippen LogP contribution in [0.5, 0.6) is 0 Å². The summed E-state index contributed by atoms with van der Waals surface area (Å²) in [7, 11) is -2.56. The molecule has 120 valence electrons. The lowest BCUT2D eigenvalue weighted by Crippen LogP contribution is -2.58. The molecule has 0 spiro atoms. The molecule has 2 saturated carbocycles. The standard InChI is InChI=1S/C16H28Cl2N2Si/c1-13-14(2)20(16-11-7-4-8-12-16)21(17,18)19(13)15-9-5-3-6-10-15/h15-16H,3-12H2,1-2H3. The zero-order chi connectivity index (χ0) is 15.0. The summed E-state index contributed by atoms with van der Waals surface area (Å²) in [6.07, 6.45) is 13.1. The van der Waals surface area contributed by atoms with E-state index in [2.05, 4.69) is 23.0 Å². The Bertz CT molecular complexity index is 377. The summed E-state index contributed by atoms with van der Waals surface area (Å²) < 4.78 is 4.92. The summed E-state index contributed by atoms with van der Waals surface area (Å²) >= 11 is 14.1. The van der Waals surface area contributed by atoms with E-state index in [1.165, 1.54) is 75.6 Å². The van der Waals surface area contributed by atoms with Gasteiger partial charge in [0.1, 0.15) is 0 Å². The van der Waals surface area contributed by atoms with Crippen molar-refractivity contribution in [3.05, 3.63) is 11.4 Å². The van der Waals surface area contributed by atoms with Gasteiger partial charge in [0, 0.05) is 23.5 Å². The van der Waals surface area contributed by atoms with E-state index in [1.807, 2.05) is 0 Å². The molecule has 1 heterocycles. The Balaban J connectivity index is 1.85. The molecule has 0 amide bonds. The molecule has 3 rings (SSSR count). The lowest BCUT2D eigenvalue weighted by atomic mass is 9.94. The SMILES string of the molecule is CC1=C(C)N(C2CCCCC2)[Si](Cl)(Cl)N1C1CCCCC1. The van der Waals surface area contributed by atoms with E-state index >= 15 is 0 Å². The van der Waals surface area contributed by atoms with E-state index in [0.29, 0.717) is 12.1 Å². The number of rotatable bonds is 2. The molecule has 0 N–H and O–H groups in total. The first-order valence-electron chi connectivity index (χ1n) is 8.67. The first-order valence-corrected chi connectivity index (χ1v) is 12.6. The normalized spacial score (nSPS) is 28.6. The monoisotopic (exact) mass is 346 g/mol. The number of halogens is 2. The van der Waals surface area contributed by atoms with Gasteiger partial charge in [-0.2, -0.15) is 0 Å². The summed E-state index contributed by atoms with van der Waals surface area (Å²) in [6, 6.07) is 1.15. The molecule has 21 heavy (non-hydrogen) atoms. The Morgan fingerprint density at radius 2 is 1.05 bits per heavy atom. The molecular weight excluding hydrogens is 319 g/mol. The Kier molecular flexibility index (Phi) is 4.82. The highest BCUT2D eigenvalue weighted by Gasteiger charge is 2.55. The van der Waals surface area contributed by atoms with E-state index < -0.39 is 7.02 Å². The first-order chi connectivity index (χ1) is 10.0. The molecule has 2 fully saturated rings. The average Bonchev–Trinajstić information content (AvgIpc) is 2.66. The van der Waals surface area contributed by atoms with Crippen LogP contribution in [0.25, 0.3) is 0 Å². The number of nitrogens with zero attached hydrogens (tertiary/aromatic N) is 2. The maximum Gasteiger partial charge on any atom is 0.470 e. The van der Waals surface area contributed by atoms with Crippen LogP contribution in [0.3, 0.4) is 0 Å². The third-order valence-corrected chi connectivity index (χ3v) is 10.5. The highest BCUT2D eigenvalue weighted by molar-refractivity contribution is 7.43. The fraction of sp³-hybridized carbons (Fsp3) is 0.875. The van der Waals surface area contributed by atoms with Crippen molar-refractivity contribution in [1.82, 2.24) is 9.13 Å². The van der Waals surface area contributed by atoms with E-state index in [-0.39, 0.29) is 0 Å². The van der Waals surface area contributed by atoms with Gasteiger partial charge in [-0.1, -0.05) is 60.7 Å². The molecule has 2 nitrogen and oxygen atoms in total. The molecule has 0 aromatic rings. The van der Waals surface area contributed by atoms with Crippen LogP contribution in [0.2, 0.25) is 0 Å². The minimum atomic E-state index is -2.56. The van der Waals surface area contributed by atoms with Gasteiger partial charge in [0.25, 0.3) is 0 Å². The van der Waals surface area contributed by atoms with E-state index in [4.69, 9.17) is 22.2 Å². The van der Waals surface area contributed by atoms with Crippen LogP contribution in [0, 0.1) is 0 Å². The maximum absolute atomic E-state index is 7.07. The first kappa shape index (κ1) is 16.0. The van der Waals surface area contributed by atoms with Gasteiger partial charge in [0.05, 0.1) is 0 Å². The Labute approximate surface area is 140 Å². The van der Waals surface area contributed by atoms with Crippen LogP contribution in [0.15, 0.2) is 11.4 Å². The Hall–Kier alpha value is 0.137. The molecular formula is C16H28Cl2N2Si. The van der Waals surface area contributed by atoms with Crippen molar-refractivity contribution in [3.63, 3.8) is 0 Å². The lowest BCUT2D eigenvalue weighted by Gasteiger charge is -2.44. The van der Waals surface area contributed by atoms with Crippen molar-refractivity contribution >= 4 is 29.2 Å². The van der Waals surface area contributed by atoms with E-state index in [9.17, 15) is 0 Å². The molecule has 0 aromatic heterocycles.